The first-order chi connectivity index (χ1) is 11.7. The Bertz CT molecular complexity index is 571. The number of esters is 1. The van der Waals surface area contributed by atoms with Gasteiger partial charge in [0.25, 0.3) is 0 Å². The molecule has 0 aliphatic heterocycles. The second kappa shape index (κ2) is 10.3. The second-order valence-corrected chi connectivity index (χ2v) is 15.8. The minimum Gasteiger partial charge on any atom is -0.461 e. The highest BCUT2D eigenvalue weighted by Gasteiger charge is 2.29. The summed E-state index contributed by atoms with van der Waals surface area (Å²) in [5.74, 6) is -0.877. The standard InChI is InChI=1S/C18H31O5PSi/c1-16(18(19)23-13-17-9-7-6-8-10-17)14-24(20,21-2)15-22-11-12-25(3,4)5/h6-10,16H,11-15H2,1-5H3. The molecule has 0 spiro atoms. The molecule has 0 amide bonds. The summed E-state index contributed by atoms with van der Waals surface area (Å²) in [6.45, 7) is 9.29. The summed E-state index contributed by atoms with van der Waals surface area (Å²) in [4.78, 5) is 12.1. The number of carbonyl (C=O) groups is 1. The normalized spacial score (nSPS) is 15.4. The number of hydrogen-bond donors (Lipinski definition) is 0. The van der Waals surface area contributed by atoms with E-state index in [1.54, 1.807) is 6.92 Å². The average Bonchev–Trinajstić information content (AvgIpc) is 2.56. The van der Waals surface area contributed by atoms with Crippen LogP contribution < -0.4 is 0 Å². The smallest absolute Gasteiger partial charge is 0.309 e. The quantitative estimate of drug-likeness (QED) is 0.241. The van der Waals surface area contributed by atoms with Crippen LogP contribution in [0, 0.1) is 5.92 Å². The van der Waals surface area contributed by atoms with Gasteiger partial charge >= 0.3 is 5.97 Å². The van der Waals surface area contributed by atoms with Crippen LogP contribution in [0.4, 0.5) is 0 Å². The molecule has 0 saturated carbocycles. The van der Waals surface area contributed by atoms with E-state index in [9.17, 15) is 9.36 Å². The van der Waals surface area contributed by atoms with Crippen molar-refractivity contribution in [3.8, 4) is 0 Å². The van der Waals surface area contributed by atoms with Gasteiger partial charge in [0.2, 0.25) is 7.37 Å². The molecule has 0 aromatic heterocycles. The van der Waals surface area contributed by atoms with E-state index in [0.29, 0.717) is 6.61 Å². The second-order valence-electron chi connectivity index (χ2n) is 7.52. The Morgan fingerprint density at radius 1 is 1.20 bits per heavy atom. The molecular formula is C18H31O5PSi. The third-order valence-corrected chi connectivity index (χ3v) is 7.85. The maximum absolute atomic E-state index is 12.8. The lowest BCUT2D eigenvalue weighted by molar-refractivity contribution is -0.148. The number of rotatable bonds is 11. The molecule has 1 aromatic carbocycles. The van der Waals surface area contributed by atoms with Gasteiger partial charge in [0, 0.05) is 28.0 Å². The van der Waals surface area contributed by atoms with Crippen molar-refractivity contribution < 1.29 is 23.4 Å². The lowest BCUT2D eigenvalue weighted by Crippen LogP contribution is -2.23. The Labute approximate surface area is 152 Å². The van der Waals surface area contributed by atoms with E-state index in [1.807, 2.05) is 30.3 Å². The highest BCUT2D eigenvalue weighted by atomic mass is 31.2. The summed E-state index contributed by atoms with van der Waals surface area (Å²) >= 11 is 0. The summed E-state index contributed by atoms with van der Waals surface area (Å²) in [5, 5.41) is 0. The SMILES string of the molecule is COP(=O)(COCC[Si](C)(C)C)CC(C)C(=O)OCc1ccccc1. The van der Waals surface area contributed by atoms with Crippen LogP contribution in [0.15, 0.2) is 30.3 Å². The summed E-state index contributed by atoms with van der Waals surface area (Å²) in [6, 6.07) is 10.5. The van der Waals surface area contributed by atoms with E-state index in [1.165, 1.54) is 7.11 Å². The summed E-state index contributed by atoms with van der Waals surface area (Å²) in [5.41, 5.74) is 0.924. The van der Waals surface area contributed by atoms with Gasteiger partial charge in [0.1, 0.15) is 13.0 Å². The highest BCUT2D eigenvalue weighted by molar-refractivity contribution is 7.58. The maximum atomic E-state index is 12.8. The monoisotopic (exact) mass is 386 g/mol. The first-order valence-corrected chi connectivity index (χ1v) is 14.3. The van der Waals surface area contributed by atoms with Crippen molar-refractivity contribution >= 4 is 21.4 Å². The van der Waals surface area contributed by atoms with Crippen LogP contribution in [0.2, 0.25) is 25.7 Å². The van der Waals surface area contributed by atoms with Gasteiger partial charge in [-0.1, -0.05) is 56.9 Å². The average molecular weight is 387 g/mol. The maximum Gasteiger partial charge on any atom is 0.309 e. The van der Waals surface area contributed by atoms with Gasteiger partial charge in [-0.2, -0.15) is 0 Å². The van der Waals surface area contributed by atoms with Crippen molar-refractivity contribution in [2.75, 3.05) is 26.2 Å². The van der Waals surface area contributed by atoms with Crippen LogP contribution in [0.1, 0.15) is 12.5 Å². The molecule has 2 unspecified atom stereocenters. The Balaban J connectivity index is 2.43. The molecule has 0 bridgehead atoms. The van der Waals surface area contributed by atoms with Crippen molar-refractivity contribution in [1.29, 1.82) is 0 Å². The lowest BCUT2D eigenvalue weighted by atomic mass is 10.2. The van der Waals surface area contributed by atoms with Crippen molar-refractivity contribution in [2.45, 2.75) is 39.2 Å². The molecule has 1 rings (SSSR count). The molecule has 0 N–H and O–H groups in total. The predicted octanol–water partition coefficient (Wildman–Crippen LogP) is 4.60. The van der Waals surface area contributed by atoms with E-state index in [2.05, 4.69) is 19.6 Å². The molecule has 1 aromatic rings. The zero-order valence-corrected chi connectivity index (χ0v) is 17.9. The number of benzene rings is 1. The molecular weight excluding hydrogens is 355 g/mol. The highest BCUT2D eigenvalue weighted by Crippen LogP contribution is 2.47. The van der Waals surface area contributed by atoms with Crippen molar-refractivity contribution in [3.63, 3.8) is 0 Å². The van der Waals surface area contributed by atoms with Gasteiger partial charge < -0.3 is 14.0 Å². The van der Waals surface area contributed by atoms with E-state index >= 15 is 0 Å². The fraction of sp³-hybridized carbons (Fsp3) is 0.611. The molecule has 0 heterocycles. The van der Waals surface area contributed by atoms with Crippen LogP contribution in [0.3, 0.4) is 0 Å². The molecule has 142 valence electrons. The minimum atomic E-state index is -3.00. The van der Waals surface area contributed by atoms with Gasteiger partial charge in [-0.15, -0.1) is 0 Å². The molecule has 2 atom stereocenters. The molecule has 0 radical (unpaired) electrons. The molecule has 5 nitrogen and oxygen atoms in total. The van der Waals surface area contributed by atoms with Crippen LogP contribution in [-0.2, 0) is 30.0 Å². The van der Waals surface area contributed by atoms with Gasteiger partial charge in [-0.3, -0.25) is 9.36 Å². The third-order valence-electron chi connectivity index (χ3n) is 3.80. The zero-order chi connectivity index (χ0) is 18.9. The number of hydrogen-bond acceptors (Lipinski definition) is 5. The first kappa shape index (κ1) is 22.1. The molecule has 7 heteroatoms. The Morgan fingerprint density at radius 2 is 1.84 bits per heavy atom. The van der Waals surface area contributed by atoms with E-state index in [-0.39, 0.29) is 25.1 Å². The van der Waals surface area contributed by atoms with Crippen molar-refractivity contribution in [1.82, 2.24) is 0 Å². The van der Waals surface area contributed by atoms with Crippen molar-refractivity contribution in [3.05, 3.63) is 35.9 Å². The lowest BCUT2D eigenvalue weighted by Gasteiger charge is -2.21. The van der Waals surface area contributed by atoms with Crippen LogP contribution in [0.25, 0.3) is 0 Å². The fourth-order valence-electron chi connectivity index (χ4n) is 2.12. The Hall–Kier alpha value is -0.943. The number of carbonyl (C=O) groups excluding carboxylic acids is 1. The summed E-state index contributed by atoms with van der Waals surface area (Å²) in [6.07, 6.45) is 0.175. The van der Waals surface area contributed by atoms with Crippen LogP contribution in [-0.4, -0.2) is 40.3 Å². The zero-order valence-electron chi connectivity index (χ0n) is 16.0. The minimum absolute atomic E-state index is 0.0459. The van der Waals surface area contributed by atoms with Gasteiger partial charge in [0.05, 0.1) is 5.92 Å². The first-order valence-electron chi connectivity index (χ1n) is 8.57. The topological polar surface area (TPSA) is 61.8 Å². The number of ether oxygens (including phenoxy) is 2. The van der Waals surface area contributed by atoms with E-state index in [4.69, 9.17) is 14.0 Å². The van der Waals surface area contributed by atoms with Crippen molar-refractivity contribution in [2.24, 2.45) is 5.92 Å². The molecule has 0 aliphatic carbocycles. The van der Waals surface area contributed by atoms with Crippen LogP contribution >= 0.6 is 7.37 Å². The predicted molar refractivity (Wildman–Crippen MR) is 104 cm³/mol. The summed E-state index contributed by atoms with van der Waals surface area (Å²) in [7, 11) is -2.77. The molecule has 0 saturated heterocycles. The Morgan fingerprint density at radius 3 is 2.40 bits per heavy atom. The van der Waals surface area contributed by atoms with Crippen LogP contribution in [0.5, 0.6) is 0 Å². The Kier molecular flexibility index (Phi) is 9.07. The summed E-state index contributed by atoms with van der Waals surface area (Å²) < 4.78 is 28.8. The largest absolute Gasteiger partial charge is 0.461 e. The van der Waals surface area contributed by atoms with Gasteiger partial charge in [-0.05, 0) is 11.6 Å². The van der Waals surface area contributed by atoms with E-state index < -0.39 is 21.4 Å². The molecule has 25 heavy (non-hydrogen) atoms. The van der Waals surface area contributed by atoms with E-state index in [0.717, 1.165) is 11.6 Å². The van der Waals surface area contributed by atoms with Gasteiger partial charge in [0.15, 0.2) is 0 Å². The fourth-order valence-corrected chi connectivity index (χ4v) is 4.63. The third kappa shape index (κ3) is 9.36. The molecule has 0 fully saturated rings. The van der Waals surface area contributed by atoms with Gasteiger partial charge in [-0.25, -0.2) is 0 Å². The molecule has 0 aliphatic rings.